The second-order valence-corrected chi connectivity index (χ2v) is 9.60. The third-order valence-electron chi connectivity index (χ3n) is 5.79. The fraction of sp³-hybridized carbons (Fsp3) is 0.0833. The molecule has 5 aromatic rings. The van der Waals surface area contributed by atoms with Crippen LogP contribution in [-0.2, 0) is 17.1 Å². The van der Waals surface area contributed by atoms with E-state index in [0.717, 1.165) is 16.5 Å². The number of rotatable bonds is 4. The first kappa shape index (κ1) is 20.8. The van der Waals surface area contributed by atoms with Gasteiger partial charge in [-0.25, -0.2) is 17.4 Å². The minimum absolute atomic E-state index is 0.124. The Bertz CT molecular complexity index is 1660. The predicted octanol–water partition coefficient (Wildman–Crippen LogP) is 3.83. The molecule has 0 radical (unpaired) electrons. The molecule has 3 heterocycles. The number of para-hydroxylation sites is 1. The van der Waals surface area contributed by atoms with Gasteiger partial charge < -0.3 is 15.5 Å². The van der Waals surface area contributed by atoms with Crippen LogP contribution in [0.4, 0.5) is 0 Å². The Kier molecular flexibility index (Phi) is 4.71. The Morgan fingerprint density at radius 2 is 1.79 bits per heavy atom. The quantitative estimate of drug-likeness (QED) is 0.183. The van der Waals surface area contributed by atoms with Crippen molar-refractivity contribution < 1.29 is 13.6 Å². The summed E-state index contributed by atoms with van der Waals surface area (Å²) in [5.41, 5.74) is 9.47. The van der Waals surface area contributed by atoms with Gasteiger partial charge in [-0.2, -0.15) is 0 Å². The number of nitrogens with zero attached hydrogens (tertiary/aromatic N) is 4. The van der Waals surface area contributed by atoms with E-state index >= 15 is 0 Å². The average Bonchev–Trinajstić information content (AvgIpc) is 3.35. The second kappa shape index (κ2) is 7.49. The molecule has 0 saturated heterocycles. The lowest BCUT2D eigenvalue weighted by molar-refractivity contribution is 0.318. The zero-order valence-corrected chi connectivity index (χ0v) is 18.8. The van der Waals surface area contributed by atoms with Crippen LogP contribution in [-0.4, -0.2) is 33.0 Å². The van der Waals surface area contributed by atoms with Gasteiger partial charge in [0.05, 0.1) is 16.3 Å². The van der Waals surface area contributed by atoms with Crippen LogP contribution < -0.4 is 5.73 Å². The van der Waals surface area contributed by atoms with Crippen molar-refractivity contribution in [2.45, 2.75) is 11.8 Å². The zero-order valence-electron chi connectivity index (χ0n) is 18.0. The van der Waals surface area contributed by atoms with E-state index < -0.39 is 10.0 Å². The number of pyridine rings is 1. The summed E-state index contributed by atoms with van der Waals surface area (Å²) in [5, 5.41) is 14.1. The smallest absolute Gasteiger partial charge is 0.269 e. The van der Waals surface area contributed by atoms with Crippen LogP contribution in [0.1, 0.15) is 11.3 Å². The molecule has 0 amide bonds. The molecule has 0 unspecified atom stereocenters. The Labute approximate surface area is 190 Å². The highest BCUT2D eigenvalue weighted by Crippen LogP contribution is 2.39. The second-order valence-electron chi connectivity index (χ2n) is 7.81. The molecule has 3 N–H and O–H groups in total. The first-order chi connectivity index (χ1) is 15.8. The number of hydrogen-bond donors (Lipinski definition) is 2. The van der Waals surface area contributed by atoms with Crippen LogP contribution in [0.5, 0.6) is 0 Å². The van der Waals surface area contributed by atoms with E-state index in [1.807, 2.05) is 31.2 Å². The number of amidine groups is 1. The van der Waals surface area contributed by atoms with Gasteiger partial charge in [0.1, 0.15) is 0 Å². The first-order valence-electron chi connectivity index (χ1n) is 10.2. The number of oxime groups is 1. The van der Waals surface area contributed by atoms with E-state index in [9.17, 15) is 13.6 Å². The Balaban J connectivity index is 1.95. The van der Waals surface area contributed by atoms with Crippen LogP contribution in [0.3, 0.4) is 0 Å². The molecule has 0 aliphatic carbocycles. The Hall–Kier alpha value is -4.11. The maximum absolute atomic E-state index is 13.9. The lowest BCUT2D eigenvalue weighted by Gasteiger charge is -2.13. The van der Waals surface area contributed by atoms with E-state index in [1.165, 1.54) is 3.97 Å². The molecule has 8 nitrogen and oxygen atoms in total. The lowest BCUT2D eigenvalue weighted by atomic mass is 10.1. The summed E-state index contributed by atoms with van der Waals surface area (Å²) in [7, 11) is -2.23. The summed E-state index contributed by atoms with van der Waals surface area (Å²) in [4.78, 5) is 4.53. The molecule has 0 atom stereocenters. The van der Waals surface area contributed by atoms with Crippen molar-refractivity contribution in [1.82, 2.24) is 13.5 Å². The van der Waals surface area contributed by atoms with Crippen molar-refractivity contribution >= 4 is 37.8 Å². The van der Waals surface area contributed by atoms with Crippen LogP contribution >= 0.6 is 0 Å². The molecule has 2 aromatic carbocycles. The molecule has 0 spiro atoms. The minimum atomic E-state index is -4.02. The van der Waals surface area contributed by atoms with Crippen LogP contribution in [0.25, 0.3) is 33.2 Å². The molecule has 0 aliphatic heterocycles. The monoisotopic (exact) mass is 459 g/mol. The van der Waals surface area contributed by atoms with Gasteiger partial charge in [-0.15, -0.1) is 0 Å². The third-order valence-corrected chi connectivity index (χ3v) is 7.51. The normalized spacial score (nSPS) is 12.6. The highest BCUT2D eigenvalue weighted by molar-refractivity contribution is 7.90. The fourth-order valence-corrected chi connectivity index (χ4v) is 5.72. The number of aryl methyl sites for hydroxylation is 2. The van der Waals surface area contributed by atoms with Gasteiger partial charge in [0.2, 0.25) is 0 Å². The summed E-state index contributed by atoms with van der Waals surface area (Å²) in [5.74, 6) is -0.124. The van der Waals surface area contributed by atoms with E-state index in [1.54, 1.807) is 60.3 Å². The maximum atomic E-state index is 13.9. The largest absolute Gasteiger partial charge is 0.409 e. The topological polar surface area (TPSA) is 116 Å². The molecule has 0 saturated carbocycles. The van der Waals surface area contributed by atoms with E-state index in [0.29, 0.717) is 28.0 Å². The SMILES string of the molecule is Cc1ccc(S(=O)(=O)n2c(-c3c(C(N)=NO)n(C)c4ccccc34)cc3cccnc32)cc1. The summed E-state index contributed by atoms with van der Waals surface area (Å²) in [6.07, 6.45) is 1.56. The first-order valence-corrected chi connectivity index (χ1v) is 11.6. The zero-order chi connectivity index (χ0) is 23.3. The highest BCUT2D eigenvalue weighted by Gasteiger charge is 2.29. The van der Waals surface area contributed by atoms with Crippen molar-refractivity contribution in [2.75, 3.05) is 0 Å². The summed E-state index contributed by atoms with van der Waals surface area (Å²) < 4.78 is 30.9. The Morgan fingerprint density at radius 1 is 1.06 bits per heavy atom. The number of fused-ring (bicyclic) bond motifs is 2. The van der Waals surface area contributed by atoms with Crippen molar-refractivity contribution in [3.05, 3.63) is 84.2 Å². The van der Waals surface area contributed by atoms with Crippen molar-refractivity contribution in [1.29, 1.82) is 0 Å². The van der Waals surface area contributed by atoms with E-state index in [2.05, 4.69) is 10.1 Å². The molecular formula is C24H21N5O3S. The van der Waals surface area contributed by atoms with Crippen molar-refractivity contribution in [3.63, 3.8) is 0 Å². The van der Waals surface area contributed by atoms with Gasteiger partial charge in [-0.3, -0.25) is 0 Å². The molecule has 0 bridgehead atoms. The summed E-state index contributed by atoms with van der Waals surface area (Å²) in [6.45, 7) is 1.90. The van der Waals surface area contributed by atoms with Gasteiger partial charge in [-0.1, -0.05) is 41.1 Å². The number of hydrogen-bond acceptors (Lipinski definition) is 5. The van der Waals surface area contributed by atoms with Gasteiger partial charge in [0.25, 0.3) is 10.0 Å². The van der Waals surface area contributed by atoms with Crippen LogP contribution in [0.2, 0.25) is 0 Å². The van der Waals surface area contributed by atoms with Gasteiger partial charge in [0.15, 0.2) is 11.5 Å². The number of aromatic nitrogens is 3. The van der Waals surface area contributed by atoms with E-state index in [4.69, 9.17) is 5.73 Å². The van der Waals surface area contributed by atoms with E-state index in [-0.39, 0.29) is 10.7 Å². The van der Waals surface area contributed by atoms with Crippen LogP contribution in [0, 0.1) is 6.92 Å². The molecule has 0 aliphatic rings. The standard InChI is InChI=1S/C24H21N5O3S/c1-15-9-11-17(12-10-15)33(31,32)29-20(14-16-6-5-13-26-24(16)29)21-18-7-3-4-8-19(18)28(2)22(21)23(25)27-30/h3-14,30H,1-2H3,(H2,25,27). The molecule has 166 valence electrons. The molecular weight excluding hydrogens is 438 g/mol. The number of nitrogens with two attached hydrogens (primary N) is 1. The lowest BCUT2D eigenvalue weighted by Crippen LogP contribution is -2.20. The molecule has 33 heavy (non-hydrogen) atoms. The number of benzene rings is 2. The van der Waals surface area contributed by atoms with Crippen LogP contribution in [0.15, 0.2) is 83.0 Å². The molecule has 5 rings (SSSR count). The summed E-state index contributed by atoms with van der Waals surface area (Å²) in [6, 6.07) is 19.5. The third kappa shape index (κ3) is 3.08. The van der Waals surface area contributed by atoms with Gasteiger partial charge in [0, 0.05) is 35.1 Å². The Morgan fingerprint density at radius 3 is 2.52 bits per heavy atom. The van der Waals surface area contributed by atoms with Gasteiger partial charge in [-0.05, 0) is 43.3 Å². The van der Waals surface area contributed by atoms with Crippen molar-refractivity contribution in [3.8, 4) is 11.3 Å². The molecule has 3 aromatic heterocycles. The minimum Gasteiger partial charge on any atom is -0.409 e. The predicted molar refractivity (Wildman–Crippen MR) is 128 cm³/mol. The van der Waals surface area contributed by atoms with Gasteiger partial charge >= 0.3 is 0 Å². The molecule has 0 fully saturated rings. The molecule has 9 heteroatoms. The maximum Gasteiger partial charge on any atom is 0.269 e. The van der Waals surface area contributed by atoms with Crippen molar-refractivity contribution in [2.24, 2.45) is 17.9 Å². The average molecular weight is 460 g/mol. The summed E-state index contributed by atoms with van der Waals surface area (Å²) >= 11 is 0. The highest BCUT2D eigenvalue weighted by atomic mass is 32.2. The fourth-order valence-electron chi connectivity index (χ4n) is 4.24.